The van der Waals surface area contributed by atoms with E-state index in [-0.39, 0.29) is 0 Å². The van der Waals surface area contributed by atoms with Gasteiger partial charge in [-0.25, -0.2) is 0 Å². The standard InChI is InChI=1S/C14H20N4/c1-11-4-5-14(10-12(11)2)13(3)15-6-8-18-9-7-16-17-18/h4-5,7,9-10,13,15H,6,8H2,1-3H3. The molecule has 4 heteroatoms. The summed E-state index contributed by atoms with van der Waals surface area (Å²) < 4.78 is 1.83. The highest BCUT2D eigenvalue weighted by Crippen LogP contribution is 2.16. The van der Waals surface area contributed by atoms with Crippen LogP contribution < -0.4 is 5.32 Å². The molecule has 0 aliphatic heterocycles. The number of hydrogen-bond acceptors (Lipinski definition) is 3. The van der Waals surface area contributed by atoms with E-state index < -0.39 is 0 Å². The Labute approximate surface area is 108 Å². The Morgan fingerprint density at radius 3 is 2.78 bits per heavy atom. The Morgan fingerprint density at radius 2 is 2.11 bits per heavy atom. The van der Waals surface area contributed by atoms with Crippen LogP contribution in [0.3, 0.4) is 0 Å². The predicted octanol–water partition coefficient (Wildman–Crippen LogP) is 2.25. The van der Waals surface area contributed by atoms with E-state index in [4.69, 9.17) is 0 Å². The van der Waals surface area contributed by atoms with Gasteiger partial charge in [-0.15, -0.1) is 5.10 Å². The van der Waals surface area contributed by atoms with Crippen LogP contribution in [0.5, 0.6) is 0 Å². The van der Waals surface area contributed by atoms with Crippen molar-refractivity contribution in [3.05, 3.63) is 47.3 Å². The lowest BCUT2D eigenvalue weighted by Gasteiger charge is -2.15. The van der Waals surface area contributed by atoms with Gasteiger partial charge in [0.05, 0.1) is 12.7 Å². The minimum Gasteiger partial charge on any atom is -0.308 e. The molecule has 96 valence electrons. The molecule has 0 spiro atoms. The normalized spacial score (nSPS) is 12.6. The van der Waals surface area contributed by atoms with Crippen LogP contribution in [0.1, 0.15) is 29.7 Å². The van der Waals surface area contributed by atoms with Crippen LogP contribution >= 0.6 is 0 Å². The highest BCUT2D eigenvalue weighted by molar-refractivity contribution is 5.31. The molecule has 1 unspecified atom stereocenters. The number of aryl methyl sites for hydroxylation is 2. The molecule has 1 aromatic heterocycles. The zero-order valence-electron chi connectivity index (χ0n) is 11.2. The van der Waals surface area contributed by atoms with Gasteiger partial charge in [-0.3, -0.25) is 4.68 Å². The molecule has 1 N–H and O–H groups in total. The van der Waals surface area contributed by atoms with E-state index in [2.05, 4.69) is 54.6 Å². The molecule has 0 aliphatic rings. The lowest BCUT2D eigenvalue weighted by molar-refractivity contribution is 0.499. The van der Waals surface area contributed by atoms with Gasteiger partial charge >= 0.3 is 0 Å². The van der Waals surface area contributed by atoms with Gasteiger partial charge in [0.1, 0.15) is 0 Å². The van der Waals surface area contributed by atoms with Crippen LogP contribution in [-0.4, -0.2) is 21.5 Å². The molecular formula is C14H20N4. The van der Waals surface area contributed by atoms with Crippen LogP contribution in [0, 0.1) is 13.8 Å². The molecule has 0 radical (unpaired) electrons. The van der Waals surface area contributed by atoms with Crippen molar-refractivity contribution in [2.75, 3.05) is 6.54 Å². The first-order valence-electron chi connectivity index (χ1n) is 6.31. The third kappa shape index (κ3) is 3.17. The van der Waals surface area contributed by atoms with Crippen molar-refractivity contribution in [3.8, 4) is 0 Å². The summed E-state index contributed by atoms with van der Waals surface area (Å²) in [6, 6.07) is 6.98. The van der Waals surface area contributed by atoms with E-state index in [0.29, 0.717) is 6.04 Å². The Hall–Kier alpha value is -1.68. The molecule has 0 aliphatic carbocycles. The third-order valence-corrected chi connectivity index (χ3v) is 3.29. The Bertz CT molecular complexity index is 491. The van der Waals surface area contributed by atoms with Gasteiger partial charge in [0.25, 0.3) is 0 Å². The van der Waals surface area contributed by atoms with Gasteiger partial charge in [-0.2, -0.15) is 0 Å². The molecule has 0 amide bonds. The number of hydrogen-bond donors (Lipinski definition) is 1. The average Bonchev–Trinajstić information content (AvgIpc) is 2.85. The summed E-state index contributed by atoms with van der Waals surface area (Å²) in [6.07, 6.45) is 3.58. The molecule has 0 fully saturated rings. The second-order valence-electron chi connectivity index (χ2n) is 4.69. The Morgan fingerprint density at radius 1 is 1.28 bits per heavy atom. The first kappa shape index (κ1) is 12.8. The number of benzene rings is 1. The summed E-state index contributed by atoms with van der Waals surface area (Å²) in [7, 11) is 0. The quantitative estimate of drug-likeness (QED) is 0.877. The predicted molar refractivity (Wildman–Crippen MR) is 72.4 cm³/mol. The highest BCUT2D eigenvalue weighted by Gasteiger charge is 2.05. The smallest absolute Gasteiger partial charge is 0.0692 e. The first-order valence-corrected chi connectivity index (χ1v) is 6.31. The number of aromatic nitrogens is 3. The molecule has 0 saturated carbocycles. The fourth-order valence-corrected chi connectivity index (χ4v) is 1.90. The minimum absolute atomic E-state index is 0.354. The van der Waals surface area contributed by atoms with Crippen molar-refractivity contribution in [1.29, 1.82) is 0 Å². The van der Waals surface area contributed by atoms with Gasteiger partial charge in [0, 0.05) is 18.8 Å². The maximum atomic E-state index is 3.94. The summed E-state index contributed by atoms with van der Waals surface area (Å²) in [5, 5.41) is 11.2. The molecule has 0 saturated heterocycles. The minimum atomic E-state index is 0.354. The molecule has 1 aromatic carbocycles. The maximum Gasteiger partial charge on any atom is 0.0692 e. The number of nitrogens with one attached hydrogen (secondary N) is 1. The van der Waals surface area contributed by atoms with Crippen LogP contribution in [0.25, 0.3) is 0 Å². The van der Waals surface area contributed by atoms with Gasteiger partial charge in [-0.05, 0) is 37.5 Å². The molecular weight excluding hydrogens is 224 g/mol. The van der Waals surface area contributed by atoms with E-state index in [1.54, 1.807) is 6.20 Å². The zero-order chi connectivity index (χ0) is 13.0. The van der Waals surface area contributed by atoms with E-state index in [9.17, 15) is 0 Å². The third-order valence-electron chi connectivity index (χ3n) is 3.29. The molecule has 2 aromatic rings. The molecule has 0 bridgehead atoms. The molecule has 1 atom stereocenters. The first-order chi connectivity index (χ1) is 8.66. The monoisotopic (exact) mass is 244 g/mol. The second-order valence-corrected chi connectivity index (χ2v) is 4.69. The van der Waals surface area contributed by atoms with Crippen molar-refractivity contribution in [3.63, 3.8) is 0 Å². The SMILES string of the molecule is Cc1ccc(C(C)NCCn2ccnn2)cc1C. The molecule has 2 rings (SSSR count). The van der Waals surface area contributed by atoms with Crippen LogP contribution in [0.2, 0.25) is 0 Å². The molecule has 4 nitrogen and oxygen atoms in total. The molecule has 18 heavy (non-hydrogen) atoms. The van der Waals surface area contributed by atoms with Crippen molar-refractivity contribution in [2.24, 2.45) is 0 Å². The Kier molecular flexibility index (Phi) is 4.10. The summed E-state index contributed by atoms with van der Waals surface area (Å²) in [6.45, 7) is 8.21. The van der Waals surface area contributed by atoms with Gasteiger partial charge < -0.3 is 5.32 Å². The summed E-state index contributed by atoms with van der Waals surface area (Å²) in [5.74, 6) is 0. The summed E-state index contributed by atoms with van der Waals surface area (Å²) >= 11 is 0. The summed E-state index contributed by atoms with van der Waals surface area (Å²) in [5.41, 5.74) is 4.02. The summed E-state index contributed by atoms with van der Waals surface area (Å²) in [4.78, 5) is 0. The average molecular weight is 244 g/mol. The van der Waals surface area contributed by atoms with Crippen LogP contribution in [0.4, 0.5) is 0 Å². The van der Waals surface area contributed by atoms with E-state index in [0.717, 1.165) is 13.1 Å². The van der Waals surface area contributed by atoms with Crippen molar-refractivity contribution >= 4 is 0 Å². The van der Waals surface area contributed by atoms with Gasteiger partial charge in [0.15, 0.2) is 0 Å². The van der Waals surface area contributed by atoms with Crippen molar-refractivity contribution in [2.45, 2.75) is 33.4 Å². The van der Waals surface area contributed by atoms with Gasteiger partial charge in [-0.1, -0.05) is 23.4 Å². The van der Waals surface area contributed by atoms with Crippen molar-refractivity contribution in [1.82, 2.24) is 20.3 Å². The largest absolute Gasteiger partial charge is 0.308 e. The van der Waals surface area contributed by atoms with Gasteiger partial charge in [0.2, 0.25) is 0 Å². The topological polar surface area (TPSA) is 42.7 Å². The van der Waals surface area contributed by atoms with Crippen LogP contribution in [-0.2, 0) is 6.54 Å². The van der Waals surface area contributed by atoms with E-state index >= 15 is 0 Å². The van der Waals surface area contributed by atoms with E-state index in [1.807, 2.05) is 10.9 Å². The fraction of sp³-hybridized carbons (Fsp3) is 0.429. The second kappa shape index (κ2) is 5.78. The highest BCUT2D eigenvalue weighted by atomic mass is 15.4. The molecule has 1 heterocycles. The lowest BCUT2D eigenvalue weighted by Crippen LogP contribution is -2.23. The number of nitrogens with zero attached hydrogens (tertiary/aromatic N) is 3. The Balaban J connectivity index is 1.87. The fourth-order valence-electron chi connectivity index (χ4n) is 1.90. The zero-order valence-corrected chi connectivity index (χ0v) is 11.2. The van der Waals surface area contributed by atoms with Crippen molar-refractivity contribution < 1.29 is 0 Å². The van der Waals surface area contributed by atoms with Crippen LogP contribution in [0.15, 0.2) is 30.6 Å². The maximum absolute atomic E-state index is 3.94. The van der Waals surface area contributed by atoms with E-state index in [1.165, 1.54) is 16.7 Å². The number of rotatable bonds is 5. The lowest BCUT2D eigenvalue weighted by atomic mass is 10.0.